The van der Waals surface area contributed by atoms with Crippen LogP contribution in [0.3, 0.4) is 0 Å². The number of carbonyl (C=O) groups is 2. The number of hydrogen-bond donors (Lipinski definition) is 1. The number of nitrogens with zero attached hydrogens (tertiary/aromatic N) is 3. The molecular weight excluding hydrogens is 550 g/mol. The lowest BCUT2D eigenvalue weighted by Gasteiger charge is -2.24. The number of aromatic nitrogens is 2. The Bertz CT molecular complexity index is 1850. The van der Waals surface area contributed by atoms with Crippen LogP contribution in [0.5, 0.6) is 11.5 Å². The van der Waals surface area contributed by atoms with Crippen LogP contribution in [0, 0.1) is 13.8 Å². The van der Waals surface area contributed by atoms with Gasteiger partial charge in [0.25, 0.3) is 5.78 Å². The molecule has 1 atom stereocenters. The molecule has 210 valence electrons. The summed E-state index contributed by atoms with van der Waals surface area (Å²) in [6.07, 6.45) is 3.03. The molecule has 1 aliphatic rings. The van der Waals surface area contributed by atoms with Crippen molar-refractivity contribution in [2.24, 2.45) is 0 Å². The molecule has 1 amide bonds. The lowest BCUT2D eigenvalue weighted by atomic mass is 9.95. The Kier molecular flexibility index (Phi) is 7.18. The molecule has 0 aliphatic carbocycles. The van der Waals surface area contributed by atoms with Crippen LogP contribution in [0.4, 0.5) is 5.13 Å². The molecule has 8 nitrogen and oxygen atoms in total. The third-order valence-electron chi connectivity index (χ3n) is 7.16. The van der Waals surface area contributed by atoms with E-state index in [1.807, 2.05) is 56.3 Å². The van der Waals surface area contributed by atoms with E-state index in [1.54, 1.807) is 30.3 Å². The molecule has 0 spiro atoms. The predicted octanol–water partition coefficient (Wildman–Crippen LogP) is 6.52. The van der Waals surface area contributed by atoms with Crippen molar-refractivity contribution in [2.45, 2.75) is 26.5 Å². The number of Topliss-reactive ketones (excluding diaryl/α,β-unsaturated/α-hetero) is 1. The van der Waals surface area contributed by atoms with Gasteiger partial charge < -0.3 is 14.6 Å². The van der Waals surface area contributed by atoms with Crippen molar-refractivity contribution in [1.29, 1.82) is 0 Å². The Hall–Kier alpha value is -5.02. The number of hydrogen-bond acceptors (Lipinski definition) is 8. The van der Waals surface area contributed by atoms with E-state index < -0.39 is 17.7 Å². The number of anilines is 1. The monoisotopic (exact) mass is 577 g/mol. The molecule has 6 rings (SSSR count). The maximum Gasteiger partial charge on any atom is 0.301 e. The fourth-order valence-corrected chi connectivity index (χ4v) is 6.35. The van der Waals surface area contributed by atoms with E-state index in [-0.39, 0.29) is 11.3 Å². The molecule has 1 aliphatic heterocycles. The number of aliphatic hydroxyl groups excluding tert-OH is 1. The van der Waals surface area contributed by atoms with Crippen molar-refractivity contribution in [3.05, 3.63) is 119 Å². The molecule has 0 saturated carbocycles. The molecule has 0 bridgehead atoms. The number of ketones is 1. The number of aryl methyl sites for hydroxylation is 2. The van der Waals surface area contributed by atoms with Gasteiger partial charge in [-0.15, -0.1) is 0 Å². The number of pyridine rings is 1. The molecule has 3 heterocycles. The smallest absolute Gasteiger partial charge is 0.301 e. The van der Waals surface area contributed by atoms with Crippen LogP contribution in [0.1, 0.15) is 33.9 Å². The van der Waals surface area contributed by atoms with E-state index >= 15 is 0 Å². The van der Waals surface area contributed by atoms with Crippen LogP contribution in [-0.2, 0) is 16.2 Å². The Morgan fingerprint density at radius 2 is 1.74 bits per heavy atom. The van der Waals surface area contributed by atoms with Gasteiger partial charge in [-0.05, 0) is 66.4 Å². The minimum Gasteiger partial charge on any atom is -0.507 e. The first-order valence-corrected chi connectivity index (χ1v) is 14.1. The number of benzene rings is 3. The summed E-state index contributed by atoms with van der Waals surface area (Å²) in [4.78, 5) is 37.4. The predicted molar refractivity (Wildman–Crippen MR) is 162 cm³/mol. The van der Waals surface area contributed by atoms with E-state index in [2.05, 4.69) is 4.98 Å². The lowest BCUT2D eigenvalue weighted by molar-refractivity contribution is -0.132. The number of aliphatic hydroxyl groups is 1. The zero-order chi connectivity index (χ0) is 29.4. The first kappa shape index (κ1) is 27.2. The summed E-state index contributed by atoms with van der Waals surface area (Å²) in [6.45, 7) is 4.30. The minimum absolute atomic E-state index is 0.0432. The molecule has 0 radical (unpaired) electrons. The fourth-order valence-electron chi connectivity index (χ4n) is 5.18. The topological polar surface area (TPSA) is 102 Å². The van der Waals surface area contributed by atoms with Gasteiger partial charge in [0, 0.05) is 18.0 Å². The maximum atomic E-state index is 13.7. The third kappa shape index (κ3) is 4.88. The third-order valence-corrected chi connectivity index (χ3v) is 8.17. The Balaban J connectivity index is 1.49. The summed E-state index contributed by atoms with van der Waals surface area (Å²) in [5.41, 5.74) is 4.69. The summed E-state index contributed by atoms with van der Waals surface area (Å²) in [5.74, 6) is -0.937. The van der Waals surface area contributed by atoms with E-state index in [9.17, 15) is 14.7 Å². The van der Waals surface area contributed by atoms with Crippen LogP contribution >= 0.6 is 11.3 Å². The molecule has 2 aromatic heterocycles. The van der Waals surface area contributed by atoms with E-state index in [0.29, 0.717) is 34.4 Å². The summed E-state index contributed by atoms with van der Waals surface area (Å²) >= 11 is 1.33. The van der Waals surface area contributed by atoms with Crippen LogP contribution in [-0.4, -0.2) is 33.9 Å². The van der Waals surface area contributed by atoms with Gasteiger partial charge in [0.15, 0.2) is 16.6 Å². The van der Waals surface area contributed by atoms with Crippen molar-refractivity contribution < 1.29 is 24.2 Å². The molecular formula is C33H27N3O5S. The highest BCUT2D eigenvalue weighted by molar-refractivity contribution is 7.22. The molecule has 5 aromatic rings. The second-order valence-electron chi connectivity index (χ2n) is 10.0. The number of carbonyl (C=O) groups excluding carboxylic acids is 2. The van der Waals surface area contributed by atoms with Gasteiger partial charge >= 0.3 is 5.91 Å². The van der Waals surface area contributed by atoms with Crippen molar-refractivity contribution in [2.75, 3.05) is 12.0 Å². The number of amides is 1. The van der Waals surface area contributed by atoms with Crippen LogP contribution in [0.15, 0.2) is 90.8 Å². The van der Waals surface area contributed by atoms with Crippen LogP contribution < -0.4 is 14.4 Å². The zero-order valence-electron chi connectivity index (χ0n) is 23.2. The highest BCUT2D eigenvalue weighted by atomic mass is 32.1. The Morgan fingerprint density at radius 3 is 2.48 bits per heavy atom. The summed E-state index contributed by atoms with van der Waals surface area (Å²) in [6, 6.07) is 21.3. The van der Waals surface area contributed by atoms with Gasteiger partial charge in [-0.2, -0.15) is 0 Å². The standard InChI is InChI=1S/C33H27N3O5S/c1-19-15-20(2)28-26(16-19)42-33(35-28)36-29(27(31(38)32(36)39)30(37)22-11-13-34-14-12-22)23-9-10-24(25(17-23)40-3)41-18-21-7-5-4-6-8-21/h4-17,29,37H,18H2,1-3H3/b30-27+. The maximum absolute atomic E-state index is 13.7. The van der Waals surface area contributed by atoms with E-state index in [1.165, 1.54) is 35.7 Å². The summed E-state index contributed by atoms with van der Waals surface area (Å²) < 4.78 is 12.6. The van der Waals surface area contributed by atoms with Gasteiger partial charge in [-0.3, -0.25) is 19.5 Å². The van der Waals surface area contributed by atoms with Gasteiger partial charge in [0.2, 0.25) is 0 Å². The zero-order valence-corrected chi connectivity index (χ0v) is 24.0. The average molecular weight is 578 g/mol. The normalized spacial score (nSPS) is 16.3. The molecule has 1 saturated heterocycles. The van der Waals surface area contributed by atoms with E-state index in [0.717, 1.165) is 26.9 Å². The highest BCUT2D eigenvalue weighted by Gasteiger charge is 2.48. The largest absolute Gasteiger partial charge is 0.507 e. The second-order valence-corrected chi connectivity index (χ2v) is 11.0. The second kappa shape index (κ2) is 11.1. The molecule has 1 unspecified atom stereocenters. The number of thiazole rings is 1. The van der Waals surface area contributed by atoms with Gasteiger partial charge in [0.05, 0.1) is 28.9 Å². The lowest BCUT2D eigenvalue weighted by Crippen LogP contribution is -2.29. The van der Waals surface area contributed by atoms with Crippen molar-refractivity contribution in [3.8, 4) is 11.5 Å². The molecule has 1 fully saturated rings. The van der Waals surface area contributed by atoms with Crippen LogP contribution in [0.25, 0.3) is 16.0 Å². The fraction of sp³-hybridized carbons (Fsp3) is 0.152. The van der Waals surface area contributed by atoms with Crippen molar-refractivity contribution >= 4 is 44.1 Å². The first-order valence-electron chi connectivity index (χ1n) is 13.3. The van der Waals surface area contributed by atoms with Crippen LogP contribution in [0.2, 0.25) is 0 Å². The minimum atomic E-state index is -0.961. The number of rotatable bonds is 7. The average Bonchev–Trinajstić information content (AvgIpc) is 3.54. The molecule has 42 heavy (non-hydrogen) atoms. The number of fused-ring (bicyclic) bond motifs is 1. The highest BCUT2D eigenvalue weighted by Crippen LogP contribution is 2.46. The number of ether oxygens (including phenoxy) is 2. The Morgan fingerprint density at radius 1 is 0.976 bits per heavy atom. The van der Waals surface area contributed by atoms with E-state index in [4.69, 9.17) is 14.5 Å². The van der Waals surface area contributed by atoms with Crippen molar-refractivity contribution in [3.63, 3.8) is 0 Å². The van der Waals surface area contributed by atoms with Gasteiger partial charge in [0.1, 0.15) is 12.4 Å². The summed E-state index contributed by atoms with van der Waals surface area (Å²) in [7, 11) is 1.53. The summed E-state index contributed by atoms with van der Waals surface area (Å²) in [5, 5.41) is 11.8. The molecule has 1 N–H and O–H groups in total. The van der Waals surface area contributed by atoms with Gasteiger partial charge in [-0.1, -0.05) is 53.8 Å². The molecule has 9 heteroatoms. The Labute approximate surface area is 246 Å². The quantitative estimate of drug-likeness (QED) is 0.133. The number of methoxy groups -OCH3 is 1. The SMILES string of the molecule is COc1cc(C2/C(=C(\O)c3ccncc3)C(=O)C(=O)N2c2nc3c(C)cc(C)cc3s2)ccc1OCc1ccccc1. The molecule has 3 aromatic carbocycles. The van der Waals surface area contributed by atoms with Crippen molar-refractivity contribution in [1.82, 2.24) is 9.97 Å². The first-order chi connectivity index (χ1) is 20.4. The van der Waals surface area contributed by atoms with Gasteiger partial charge in [-0.25, -0.2) is 4.98 Å².